The molecule has 1 N–H and O–H groups in total. The Balaban J connectivity index is 1.99. The van der Waals surface area contributed by atoms with E-state index in [1.54, 1.807) is 6.20 Å². The van der Waals surface area contributed by atoms with E-state index in [1.807, 2.05) is 26.1 Å². The first-order valence-corrected chi connectivity index (χ1v) is 7.38. The maximum atomic E-state index is 4.25. The van der Waals surface area contributed by atoms with Gasteiger partial charge in [-0.2, -0.15) is 0 Å². The maximum Gasteiger partial charge on any atom is 0.114 e. The third-order valence-corrected chi connectivity index (χ3v) is 3.70. The van der Waals surface area contributed by atoms with E-state index in [1.165, 1.54) is 11.7 Å². The molecule has 0 saturated heterocycles. The van der Waals surface area contributed by atoms with Gasteiger partial charge in [0.05, 0.1) is 0 Å². The summed E-state index contributed by atoms with van der Waals surface area (Å²) >= 11 is 0. The van der Waals surface area contributed by atoms with Crippen molar-refractivity contribution in [2.75, 3.05) is 0 Å². The fraction of sp³-hybridized carbons (Fsp3) is 0.105. The summed E-state index contributed by atoms with van der Waals surface area (Å²) in [4.78, 5) is 15.4. The van der Waals surface area contributed by atoms with Gasteiger partial charge in [0, 0.05) is 40.3 Å². The van der Waals surface area contributed by atoms with E-state index in [-0.39, 0.29) is 0 Å². The number of aryl methyl sites for hydroxylation is 1. The third-order valence-electron chi connectivity index (χ3n) is 3.70. The van der Waals surface area contributed by atoms with Gasteiger partial charge in [-0.05, 0) is 62.0 Å². The number of nitrogens with one attached hydrogen (secondary N) is 1. The molecule has 4 heteroatoms. The van der Waals surface area contributed by atoms with Crippen LogP contribution in [0.1, 0.15) is 18.2 Å². The molecule has 23 heavy (non-hydrogen) atoms. The van der Waals surface area contributed by atoms with Crippen molar-refractivity contribution >= 4 is 29.5 Å². The summed E-state index contributed by atoms with van der Waals surface area (Å²) in [5.41, 5.74) is 6.57. The van der Waals surface area contributed by atoms with Crippen LogP contribution in [0.25, 0.3) is 27.7 Å². The number of pyridine rings is 1. The molecule has 0 bridgehead atoms. The van der Waals surface area contributed by atoms with Crippen LogP contribution in [0.2, 0.25) is 0 Å². The minimum atomic E-state index is 1.01. The number of fused-ring (bicyclic) bond motifs is 1. The normalized spacial score (nSPS) is 12.2. The van der Waals surface area contributed by atoms with E-state index < -0.39 is 0 Å². The van der Waals surface area contributed by atoms with Gasteiger partial charge in [0.15, 0.2) is 0 Å². The molecule has 114 valence electrons. The van der Waals surface area contributed by atoms with Gasteiger partial charge in [0.1, 0.15) is 6.34 Å². The Morgan fingerprint density at radius 2 is 2.09 bits per heavy atom. The number of allylic oxidation sites excluding steroid dienone is 1. The van der Waals surface area contributed by atoms with Crippen LogP contribution in [0.15, 0.2) is 58.8 Å². The average molecular weight is 302 g/mol. The van der Waals surface area contributed by atoms with Crippen LogP contribution in [0.5, 0.6) is 0 Å². The summed E-state index contributed by atoms with van der Waals surface area (Å²) < 4.78 is 0. The minimum absolute atomic E-state index is 1.01. The molecule has 0 aliphatic rings. The van der Waals surface area contributed by atoms with Gasteiger partial charge >= 0.3 is 0 Å². The first-order chi connectivity index (χ1) is 11.2. The van der Waals surface area contributed by atoms with Crippen LogP contribution in [0, 0.1) is 6.92 Å². The highest BCUT2D eigenvalue weighted by atomic mass is 14.8. The lowest BCUT2D eigenvalue weighted by Crippen LogP contribution is -1.82. The van der Waals surface area contributed by atoms with E-state index in [9.17, 15) is 0 Å². The average Bonchev–Trinajstić information content (AvgIpc) is 2.98. The topological polar surface area (TPSA) is 53.4 Å². The number of hydrogen-bond acceptors (Lipinski definition) is 2. The zero-order valence-electron chi connectivity index (χ0n) is 13.2. The SMILES string of the molecule is C=NC=N/C=C(\C)c1ccc2[nH]c(-c3ccnc(C)c3)cc2c1. The highest BCUT2D eigenvalue weighted by Gasteiger charge is 2.05. The zero-order chi connectivity index (χ0) is 16.2. The van der Waals surface area contributed by atoms with Gasteiger partial charge in [-0.25, -0.2) is 4.99 Å². The molecule has 0 amide bonds. The molecule has 0 unspecified atom stereocenters. The molecular formula is C19H18N4. The Morgan fingerprint density at radius 3 is 2.87 bits per heavy atom. The lowest BCUT2D eigenvalue weighted by molar-refractivity contribution is 1.20. The number of hydrogen-bond donors (Lipinski definition) is 1. The second kappa shape index (κ2) is 6.40. The summed E-state index contributed by atoms with van der Waals surface area (Å²) in [5, 5.41) is 1.17. The number of nitrogens with zero attached hydrogens (tertiary/aromatic N) is 3. The quantitative estimate of drug-likeness (QED) is 0.554. The number of aromatic amines is 1. The molecule has 0 aliphatic heterocycles. The fourth-order valence-electron chi connectivity index (χ4n) is 2.51. The van der Waals surface area contributed by atoms with Crippen molar-refractivity contribution in [2.45, 2.75) is 13.8 Å². The molecule has 0 atom stereocenters. The summed E-state index contributed by atoms with van der Waals surface area (Å²) in [6, 6.07) is 12.6. The van der Waals surface area contributed by atoms with Crippen molar-refractivity contribution in [3.05, 3.63) is 60.1 Å². The lowest BCUT2D eigenvalue weighted by atomic mass is 10.1. The second-order valence-electron chi connectivity index (χ2n) is 5.43. The van der Waals surface area contributed by atoms with Crippen molar-refractivity contribution in [3.63, 3.8) is 0 Å². The molecule has 4 nitrogen and oxygen atoms in total. The van der Waals surface area contributed by atoms with Crippen LogP contribution in [-0.4, -0.2) is 23.0 Å². The number of rotatable bonds is 4. The number of aliphatic imine (C=N–C) groups is 2. The Hall–Kier alpha value is -3.01. The highest BCUT2D eigenvalue weighted by Crippen LogP contribution is 2.27. The van der Waals surface area contributed by atoms with Crippen molar-refractivity contribution < 1.29 is 0 Å². The second-order valence-corrected chi connectivity index (χ2v) is 5.43. The first kappa shape index (κ1) is 14.9. The van der Waals surface area contributed by atoms with E-state index in [0.29, 0.717) is 0 Å². The van der Waals surface area contributed by atoms with Gasteiger partial charge in [-0.1, -0.05) is 6.07 Å². The molecule has 2 heterocycles. The molecule has 3 rings (SSSR count). The largest absolute Gasteiger partial charge is 0.355 e. The van der Waals surface area contributed by atoms with Crippen molar-refractivity contribution in [1.29, 1.82) is 0 Å². The highest BCUT2D eigenvalue weighted by molar-refractivity contribution is 5.88. The summed E-state index contributed by atoms with van der Waals surface area (Å²) in [6.45, 7) is 7.40. The number of H-pyrrole nitrogens is 1. The Morgan fingerprint density at radius 1 is 1.22 bits per heavy atom. The van der Waals surface area contributed by atoms with Crippen LogP contribution in [-0.2, 0) is 0 Å². The minimum Gasteiger partial charge on any atom is -0.355 e. The Labute approximate surface area is 135 Å². The molecule has 0 fully saturated rings. The Bertz CT molecular complexity index is 916. The predicted octanol–water partition coefficient (Wildman–Crippen LogP) is 4.63. The van der Waals surface area contributed by atoms with E-state index in [4.69, 9.17) is 0 Å². The molecule has 0 saturated carbocycles. The molecule has 0 spiro atoms. The van der Waals surface area contributed by atoms with Crippen molar-refractivity contribution in [2.24, 2.45) is 9.98 Å². The number of aromatic nitrogens is 2. The van der Waals surface area contributed by atoms with E-state index >= 15 is 0 Å². The monoisotopic (exact) mass is 302 g/mol. The van der Waals surface area contributed by atoms with Crippen LogP contribution >= 0.6 is 0 Å². The first-order valence-electron chi connectivity index (χ1n) is 7.38. The van der Waals surface area contributed by atoms with E-state index in [0.717, 1.165) is 33.6 Å². The molecule has 0 radical (unpaired) electrons. The standard InChI is InChI=1S/C19H18N4/c1-13(11-21-12-20-3)15-4-5-18-17(9-15)10-19(23-18)16-6-7-22-14(2)8-16/h4-12,23H,3H2,1-2H3/b13-11+,21-12?. The molecule has 3 aromatic rings. The molecule has 1 aromatic carbocycles. The maximum absolute atomic E-state index is 4.25. The van der Waals surface area contributed by atoms with Crippen molar-refractivity contribution in [3.8, 4) is 11.3 Å². The number of benzene rings is 1. The van der Waals surface area contributed by atoms with E-state index in [2.05, 4.69) is 57.0 Å². The molecule has 0 aliphatic carbocycles. The van der Waals surface area contributed by atoms with Crippen LogP contribution in [0.4, 0.5) is 0 Å². The zero-order valence-corrected chi connectivity index (χ0v) is 13.2. The van der Waals surface area contributed by atoms with Crippen molar-refractivity contribution in [1.82, 2.24) is 9.97 Å². The van der Waals surface area contributed by atoms with Gasteiger partial charge in [-0.15, -0.1) is 0 Å². The fourth-order valence-corrected chi connectivity index (χ4v) is 2.51. The smallest absolute Gasteiger partial charge is 0.114 e. The summed E-state index contributed by atoms with van der Waals surface area (Å²) in [6.07, 6.45) is 5.05. The summed E-state index contributed by atoms with van der Waals surface area (Å²) in [7, 11) is 0. The van der Waals surface area contributed by atoms with Crippen LogP contribution in [0.3, 0.4) is 0 Å². The molecule has 2 aromatic heterocycles. The summed E-state index contributed by atoms with van der Waals surface area (Å²) in [5.74, 6) is 0. The Kier molecular flexibility index (Phi) is 4.15. The molecular weight excluding hydrogens is 284 g/mol. The van der Waals surface area contributed by atoms with Gasteiger partial charge in [-0.3, -0.25) is 9.98 Å². The van der Waals surface area contributed by atoms with Gasteiger partial charge in [0.25, 0.3) is 0 Å². The third kappa shape index (κ3) is 3.26. The predicted molar refractivity (Wildman–Crippen MR) is 98.0 cm³/mol. The van der Waals surface area contributed by atoms with Gasteiger partial charge in [0.2, 0.25) is 0 Å². The van der Waals surface area contributed by atoms with Crippen LogP contribution < -0.4 is 0 Å². The lowest BCUT2D eigenvalue weighted by Gasteiger charge is -2.00. The van der Waals surface area contributed by atoms with Gasteiger partial charge < -0.3 is 4.98 Å².